The van der Waals surface area contributed by atoms with Gasteiger partial charge in [-0.25, -0.2) is 0 Å². The van der Waals surface area contributed by atoms with Gasteiger partial charge in [-0.15, -0.1) is 0 Å². The number of anilines is 1. The lowest BCUT2D eigenvalue weighted by Crippen LogP contribution is -2.45. The lowest BCUT2D eigenvalue weighted by atomic mass is 10.1. The summed E-state index contributed by atoms with van der Waals surface area (Å²) in [7, 11) is 2.06. The van der Waals surface area contributed by atoms with Crippen LogP contribution in [0.2, 0.25) is 0 Å². The van der Waals surface area contributed by atoms with Gasteiger partial charge in [0.2, 0.25) is 5.91 Å². The van der Waals surface area contributed by atoms with Gasteiger partial charge >= 0.3 is 0 Å². The van der Waals surface area contributed by atoms with E-state index in [1.54, 1.807) is 4.90 Å². The molecule has 2 atom stereocenters. The highest BCUT2D eigenvalue weighted by atomic mass is 32.2. The molecule has 0 bridgehead atoms. The molecule has 1 saturated carbocycles. The quantitative estimate of drug-likeness (QED) is 0.743. The van der Waals surface area contributed by atoms with E-state index >= 15 is 0 Å². The van der Waals surface area contributed by atoms with Gasteiger partial charge < -0.3 is 4.90 Å². The lowest BCUT2D eigenvalue weighted by Gasteiger charge is -2.31. The zero-order chi connectivity index (χ0) is 18.4. The van der Waals surface area contributed by atoms with Crippen LogP contribution in [0.5, 0.6) is 0 Å². The fourth-order valence-electron chi connectivity index (χ4n) is 3.67. The first-order chi connectivity index (χ1) is 12.0. The maximum absolute atomic E-state index is 13.0. The Kier molecular flexibility index (Phi) is 7.34. The third-order valence-corrected chi connectivity index (χ3v) is 6.44. The summed E-state index contributed by atoms with van der Waals surface area (Å²) in [4.78, 5) is 17.0. The van der Waals surface area contributed by atoms with Gasteiger partial charge in [0.05, 0.1) is 19.0 Å². The number of aryl methyl sites for hydroxylation is 1. The normalized spacial score (nSPS) is 19.8. The Labute approximate surface area is 156 Å². The molecule has 5 heteroatoms. The number of hydrogen-bond acceptors (Lipinski definition) is 4. The van der Waals surface area contributed by atoms with E-state index in [0.717, 1.165) is 17.7 Å². The highest BCUT2D eigenvalue weighted by molar-refractivity contribution is 7.99. The van der Waals surface area contributed by atoms with Crippen molar-refractivity contribution < 1.29 is 4.79 Å². The van der Waals surface area contributed by atoms with Gasteiger partial charge in [0.1, 0.15) is 0 Å². The fourth-order valence-corrected chi connectivity index (χ4v) is 4.73. The molecule has 0 heterocycles. The molecule has 1 fully saturated rings. The van der Waals surface area contributed by atoms with Crippen molar-refractivity contribution in [2.45, 2.75) is 50.8 Å². The number of nitrogens with zero attached hydrogens (tertiary/aromatic N) is 3. The Morgan fingerprint density at radius 1 is 1.36 bits per heavy atom. The average molecular weight is 360 g/mol. The van der Waals surface area contributed by atoms with E-state index in [-0.39, 0.29) is 5.91 Å². The monoisotopic (exact) mass is 359 g/mol. The second-order valence-corrected chi connectivity index (χ2v) is 7.94. The van der Waals surface area contributed by atoms with Crippen molar-refractivity contribution in [2.24, 2.45) is 0 Å². The van der Waals surface area contributed by atoms with Crippen LogP contribution in [-0.4, -0.2) is 48.5 Å². The summed E-state index contributed by atoms with van der Waals surface area (Å²) in [6.45, 7) is 4.95. The van der Waals surface area contributed by atoms with E-state index in [2.05, 4.69) is 37.3 Å². The number of carbonyl (C=O) groups excluding carboxylic acids is 1. The third-order valence-electron chi connectivity index (χ3n) is 5.29. The number of hydrogen-bond donors (Lipinski definition) is 0. The van der Waals surface area contributed by atoms with Crippen molar-refractivity contribution in [1.82, 2.24) is 4.90 Å². The molecule has 0 N–H and O–H groups in total. The van der Waals surface area contributed by atoms with E-state index in [0.29, 0.717) is 30.8 Å². The van der Waals surface area contributed by atoms with Gasteiger partial charge in [-0.2, -0.15) is 17.0 Å². The second kappa shape index (κ2) is 9.26. The molecule has 0 radical (unpaired) electrons. The van der Waals surface area contributed by atoms with Crippen molar-refractivity contribution in [3.63, 3.8) is 0 Å². The minimum Gasteiger partial charge on any atom is -0.310 e. The molecular weight excluding hydrogens is 330 g/mol. The smallest absolute Gasteiger partial charge is 0.241 e. The van der Waals surface area contributed by atoms with Crippen molar-refractivity contribution in [3.05, 3.63) is 29.3 Å². The van der Waals surface area contributed by atoms with Crippen LogP contribution in [0.15, 0.2) is 18.2 Å². The molecule has 0 saturated heterocycles. The predicted octanol–water partition coefficient (Wildman–Crippen LogP) is 3.77. The van der Waals surface area contributed by atoms with Gasteiger partial charge in [0.15, 0.2) is 0 Å². The Balaban J connectivity index is 2.16. The zero-order valence-corrected chi connectivity index (χ0v) is 16.6. The minimum absolute atomic E-state index is 0.0817. The molecule has 1 amide bonds. The van der Waals surface area contributed by atoms with Crippen LogP contribution < -0.4 is 4.90 Å². The van der Waals surface area contributed by atoms with E-state index in [4.69, 9.17) is 5.26 Å². The van der Waals surface area contributed by atoms with E-state index in [1.165, 1.54) is 18.4 Å². The Hall–Kier alpha value is -1.51. The summed E-state index contributed by atoms with van der Waals surface area (Å²) in [5.41, 5.74) is 3.21. The molecular formula is C20H29N3OS. The Morgan fingerprint density at radius 3 is 2.80 bits per heavy atom. The topological polar surface area (TPSA) is 47.3 Å². The summed E-state index contributed by atoms with van der Waals surface area (Å²) in [5, 5.41) is 9.60. The third kappa shape index (κ3) is 4.77. The molecule has 4 nitrogen and oxygen atoms in total. The van der Waals surface area contributed by atoms with E-state index in [9.17, 15) is 4.79 Å². The molecule has 0 aromatic heterocycles. The SMILES string of the molecule is CS[C@H]1CCC[C@@H]1N(C)CC(=O)N(CCC#N)c1cccc(C)c1C. The van der Waals surface area contributed by atoms with Gasteiger partial charge in [0.25, 0.3) is 0 Å². The average Bonchev–Trinajstić information content (AvgIpc) is 3.07. The first kappa shape index (κ1) is 19.8. The van der Waals surface area contributed by atoms with Gasteiger partial charge in [-0.05, 0) is 57.2 Å². The van der Waals surface area contributed by atoms with Crippen molar-refractivity contribution in [3.8, 4) is 6.07 Å². The van der Waals surface area contributed by atoms with Crippen LogP contribution in [0.25, 0.3) is 0 Å². The summed E-state index contributed by atoms with van der Waals surface area (Å²) in [6, 6.07) is 8.66. The number of carbonyl (C=O) groups is 1. The molecule has 1 aromatic carbocycles. The van der Waals surface area contributed by atoms with Gasteiger partial charge in [0, 0.05) is 23.5 Å². The predicted molar refractivity (Wildman–Crippen MR) is 106 cm³/mol. The number of nitriles is 1. The largest absolute Gasteiger partial charge is 0.310 e. The molecule has 1 aliphatic rings. The van der Waals surface area contributed by atoms with Crippen molar-refractivity contribution in [1.29, 1.82) is 5.26 Å². The van der Waals surface area contributed by atoms with Crippen molar-refractivity contribution >= 4 is 23.4 Å². The molecule has 1 aromatic rings. The maximum Gasteiger partial charge on any atom is 0.241 e. The highest BCUT2D eigenvalue weighted by Gasteiger charge is 2.31. The van der Waals surface area contributed by atoms with E-state index in [1.807, 2.05) is 30.8 Å². The first-order valence-corrected chi connectivity index (χ1v) is 10.2. The molecule has 136 valence electrons. The van der Waals surface area contributed by atoms with Gasteiger partial charge in [-0.3, -0.25) is 9.69 Å². The van der Waals surface area contributed by atoms with E-state index < -0.39 is 0 Å². The van der Waals surface area contributed by atoms with Crippen LogP contribution in [0.1, 0.15) is 36.8 Å². The van der Waals surface area contributed by atoms with Crippen LogP contribution in [0.3, 0.4) is 0 Å². The second-order valence-electron chi connectivity index (χ2n) is 6.86. The highest BCUT2D eigenvalue weighted by Crippen LogP contribution is 2.31. The van der Waals surface area contributed by atoms with Crippen LogP contribution in [0.4, 0.5) is 5.69 Å². The fraction of sp³-hybridized carbons (Fsp3) is 0.600. The number of likely N-dealkylation sites (N-methyl/N-ethyl adjacent to an activating group) is 1. The molecule has 0 spiro atoms. The van der Waals surface area contributed by atoms with Crippen LogP contribution in [-0.2, 0) is 4.79 Å². The molecule has 1 aliphatic carbocycles. The Bertz CT molecular complexity index is 640. The number of benzene rings is 1. The molecule has 25 heavy (non-hydrogen) atoms. The zero-order valence-electron chi connectivity index (χ0n) is 15.8. The molecule has 0 aliphatic heterocycles. The summed E-state index contributed by atoms with van der Waals surface area (Å²) < 4.78 is 0. The van der Waals surface area contributed by atoms with Crippen molar-refractivity contribution in [2.75, 3.05) is 31.3 Å². The number of rotatable bonds is 7. The number of amides is 1. The minimum atomic E-state index is 0.0817. The number of thioether (sulfide) groups is 1. The summed E-state index contributed by atoms with van der Waals surface area (Å²) >= 11 is 1.91. The Morgan fingerprint density at radius 2 is 2.12 bits per heavy atom. The molecule has 2 rings (SSSR count). The summed E-state index contributed by atoms with van der Waals surface area (Å²) in [6.07, 6.45) is 6.15. The first-order valence-electron chi connectivity index (χ1n) is 8.96. The summed E-state index contributed by atoms with van der Waals surface area (Å²) in [5.74, 6) is 0.0817. The van der Waals surface area contributed by atoms with Gasteiger partial charge in [-0.1, -0.05) is 18.6 Å². The van der Waals surface area contributed by atoms with Crippen LogP contribution in [0, 0.1) is 25.2 Å². The molecule has 0 unspecified atom stereocenters. The van der Waals surface area contributed by atoms with Crippen LogP contribution >= 0.6 is 11.8 Å². The standard InChI is InChI=1S/C20H29N3OS/c1-15-8-5-9-17(16(15)2)23(13-7-12-21)20(24)14-22(3)18-10-6-11-19(18)25-4/h5,8-9,18-19H,6-7,10-11,13-14H2,1-4H3/t18-,19-/m0/s1. The maximum atomic E-state index is 13.0. The lowest BCUT2D eigenvalue weighted by molar-refractivity contribution is -0.119.